The van der Waals surface area contributed by atoms with Crippen LogP contribution < -0.4 is 0 Å². The molecule has 1 heterocycles. The standard InChI is InChI=1S/C16H34N4.HI/c1-13-9-14(2)11-20(10-13)16(3,4)12-17-15(18(5)6)19(7)8;/h13-14H,9-12H2,1-8H3;1H. The molecular formula is C16H35IN4. The first-order valence-electron chi connectivity index (χ1n) is 7.77. The van der Waals surface area contributed by atoms with Gasteiger partial charge < -0.3 is 9.80 Å². The van der Waals surface area contributed by atoms with E-state index in [-0.39, 0.29) is 29.5 Å². The Balaban J connectivity index is 0.00000400. The number of piperidine rings is 1. The van der Waals surface area contributed by atoms with Gasteiger partial charge >= 0.3 is 0 Å². The van der Waals surface area contributed by atoms with E-state index >= 15 is 0 Å². The van der Waals surface area contributed by atoms with Crippen LogP contribution in [0.3, 0.4) is 0 Å². The van der Waals surface area contributed by atoms with E-state index < -0.39 is 0 Å². The largest absolute Gasteiger partial charge is 0.349 e. The van der Waals surface area contributed by atoms with Gasteiger partial charge in [0.25, 0.3) is 0 Å². The maximum absolute atomic E-state index is 4.85. The molecule has 0 aliphatic carbocycles. The summed E-state index contributed by atoms with van der Waals surface area (Å²) in [5, 5.41) is 0. The SMILES string of the molecule is CC1CC(C)CN(C(C)(C)CN=C(N(C)C)N(C)C)C1.I. The second-order valence-corrected chi connectivity index (χ2v) is 7.57. The van der Waals surface area contributed by atoms with Gasteiger partial charge in [-0.1, -0.05) is 13.8 Å². The smallest absolute Gasteiger partial charge is 0.195 e. The van der Waals surface area contributed by atoms with E-state index in [1.807, 2.05) is 0 Å². The summed E-state index contributed by atoms with van der Waals surface area (Å²) in [5.41, 5.74) is 0.125. The number of rotatable bonds is 3. The highest BCUT2D eigenvalue weighted by Crippen LogP contribution is 2.27. The zero-order chi connectivity index (χ0) is 15.5. The Kier molecular flexibility index (Phi) is 8.54. The van der Waals surface area contributed by atoms with E-state index in [1.165, 1.54) is 19.5 Å². The summed E-state index contributed by atoms with van der Waals surface area (Å²) < 4.78 is 0. The van der Waals surface area contributed by atoms with Crippen LogP contribution in [0.15, 0.2) is 4.99 Å². The van der Waals surface area contributed by atoms with Crippen molar-refractivity contribution in [3.05, 3.63) is 0 Å². The summed E-state index contributed by atoms with van der Waals surface area (Å²) in [6.45, 7) is 12.6. The van der Waals surface area contributed by atoms with Gasteiger partial charge in [-0.15, -0.1) is 24.0 Å². The topological polar surface area (TPSA) is 22.1 Å². The van der Waals surface area contributed by atoms with Gasteiger partial charge in [-0.25, -0.2) is 0 Å². The number of likely N-dealkylation sites (tertiary alicyclic amines) is 1. The van der Waals surface area contributed by atoms with E-state index in [0.717, 1.165) is 24.3 Å². The molecule has 0 saturated carbocycles. The number of hydrogen-bond acceptors (Lipinski definition) is 2. The van der Waals surface area contributed by atoms with Crippen molar-refractivity contribution in [3.8, 4) is 0 Å². The molecule has 0 spiro atoms. The Bertz CT molecular complexity index is 319. The lowest BCUT2D eigenvalue weighted by Gasteiger charge is -2.44. The number of aliphatic imine (C=N–C) groups is 1. The molecule has 0 amide bonds. The quantitative estimate of drug-likeness (QED) is 0.406. The Labute approximate surface area is 149 Å². The summed E-state index contributed by atoms with van der Waals surface area (Å²) in [6, 6.07) is 0. The van der Waals surface area contributed by atoms with Crippen LogP contribution >= 0.6 is 24.0 Å². The minimum absolute atomic E-state index is 0. The van der Waals surface area contributed by atoms with Crippen molar-refractivity contribution in [1.29, 1.82) is 0 Å². The predicted octanol–water partition coefficient (Wildman–Crippen LogP) is 2.84. The van der Waals surface area contributed by atoms with Crippen LogP contribution in [-0.2, 0) is 0 Å². The van der Waals surface area contributed by atoms with Crippen LogP contribution in [0.4, 0.5) is 0 Å². The van der Waals surface area contributed by atoms with Crippen molar-refractivity contribution < 1.29 is 0 Å². The third-order valence-electron chi connectivity index (χ3n) is 4.13. The lowest BCUT2D eigenvalue weighted by atomic mass is 9.88. The Morgan fingerprint density at radius 3 is 1.86 bits per heavy atom. The van der Waals surface area contributed by atoms with Crippen LogP contribution in [-0.4, -0.2) is 74.0 Å². The monoisotopic (exact) mass is 410 g/mol. The average molecular weight is 410 g/mol. The van der Waals surface area contributed by atoms with Gasteiger partial charge in [0.2, 0.25) is 0 Å². The van der Waals surface area contributed by atoms with E-state index in [0.29, 0.717) is 0 Å². The average Bonchev–Trinajstić information content (AvgIpc) is 2.26. The van der Waals surface area contributed by atoms with Crippen molar-refractivity contribution >= 4 is 29.9 Å². The molecule has 2 atom stereocenters. The molecule has 1 aliphatic heterocycles. The van der Waals surface area contributed by atoms with Gasteiger partial charge in [-0.3, -0.25) is 9.89 Å². The van der Waals surface area contributed by atoms with Crippen molar-refractivity contribution in [2.45, 2.75) is 39.7 Å². The highest BCUT2D eigenvalue weighted by Gasteiger charge is 2.32. The number of guanidine groups is 1. The molecule has 0 aromatic heterocycles. The molecule has 0 radical (unpaired) electrons. The van der Waals surface area contributed by atoms with Crippen molar-refractivity contribution in [2.75, 3.05) is 47.8 Å². The third-order valence-corrected chi connectivity index (χ3v) is 4.13. The summed E-state index contributed by atoms with van der Waals surface area (Å²) in [6.07, 6.45) is 1.36. The molecule has 1 aliphatic rings. The molecule has 1 fully saturated rings. The third kappa shape index (κ3) is 6.30. The molecule has 1 saturated heterocycles. The first-order valence-corrected chi connectivity index (χ1v) is 7.77. The predicted molar refractivity (Wildman–Crippen MR) is 104 cm³/mol. The second kappa shape index (κ2) is 8.56. The van der Waals surface area contributed by atoms with Crippen LogP contribution in [0.2, 0.25) is 0 Å². The zero-order valence-corrected chi connectivity index (χ0v) is 17.5. The summed E-state index contributed by atoms with van der Waals surface area (Å²) in [5.74, 6) is 2.63. The van der Waals surface area contributed by atoms with Crippen LogP contribution in [0, 0.1) is 11.8 Å². The Morgan fingerprint density at radius 2 is 1.48 bits per heavy atom. The molecular weight excluding hydrogens is 375 g/mol. The van der Waals surface area contributed by atoms with E-state index in [2.05, 4.69) is 70.6 Å². The maximum Gasteiger partial charge on any atom is 0.195 e. The molecule has 2 unspecified atom stereocenters. The molecule has 0 aromatic carbocycles. The van der Waals surface area contributed by atoms with Gasteiger partial charge in [0.05, 0.1) is 6.54 Å². The number of nitrogens with zero attached hydrogens (tertiary/aromatic N) is 4. The van der Waals surface area contributed by atoms with Gasteiger partial charge in [0, 0.05) is 46.8 Å². The Hall–Kier alpha value is -0.0400. The molecule has 21 heavy (non-hydrogen) atoms. The molecule has 0 bridgehead atoms. The van der Waals surface area contributed by atoms with Gasteiger partial charge in [-0.05, 0) is 32.1 Å². The van der Waals surface area contributed by atoms with Crippen LogP contribution in [0.25, 0.3) is 0 Å². The lowest BCUT2D eigenvalue weighted by Crippen LogP contribution is -2.53. The molecule has 1 rings (SSSR count). The van der Waals surface area contributed by atoms with E-state index in [4.69, 9.17) is 4.99 Å². The molecule has 0 aromatic rings. The molecule has 4 nitrogen and oxygen atoms in total. The highest BCUT2D eigenvalue weighted by molar-refractivity contribution is 14.0. The number of halogens is 1. The number of hydrogen-bond donors (Lipinski definition) is 0. The highest BCUT2D eigenvalue weighted by atomic mass is 127. The first-order chi connectivity index (χ1) is 9.13. The van der Waals surface area contributed by atoms with Gasteiger partial charge in [-0.2, -0.15) is 0 Å². The maximum atomic E-state index is 4.85. The fourth-order valence-corrected chi connectivity index (χ4v) is 3.20. The molecule has 126 valence electrons. The Morgan fingerprint density at radius 1 is 1.05 bits per heavy atom. The van der Waals surface area contributed by atoms with Crippen molar-refractivity contribution in [3.63, 3.8) is 0 Å². The fraction of sp³-hybridized carbons (Fsp3) is 0.938. The zero-order valence-electron chi connectivity index (χ0n) is 15.2. The van der Waals surface area contributed by atoms with E-state index in [1.54, 1.807) is 0 Å². The minimum atomic E-state index is 0. The summed E-state index contributed by atoms with van der Waals surface area (Å²) >= 11 is 0. The van der Waals surface area contributed by atoms with Crippen LogP contribution in [0.1, 0.15) is 34.1 Å². The van der Waals surface area contributed by atoms with E-state index in [9.17, 15) is 0 Å². The van der Waals surface area contributed by atoms with Gasteiger partial charge in [0.15, 0.2) is 5.96 Å². The minimum Gasteiger partial charge on any atom is -0.349 e. The normalized spacial score (nSPS) is 23.2. The summed E-state index contributed by atoms with van der Waals surface area (Å²) in [7, 11) is 8.21. The van der Waals surface area contributed by atoms with Crippen molar-refractivity contribution in [2.24, 2.45) is 16.8 Å². The molecule has 5 heteroatoms. The van der Waals surface area contributed by atoms with Crippen LogP contribution in [0.5, 0.6) is 0 Å². The first kappa shape index (κ1) is 21.0. The second-order valence-electron chi connectivity index (χ2n) is 7.57. The van der Waals surface area contributed by atoms with Crippen molar-refractivity contribution in [1.82, 2.24) is 14.7 Å². The summed E-state index contributed by atoms with van der Waals surface area (Å²) in [4.78, 5) is 11.6. The molecule has 0 N–H and O–H groups in total. The fourth-order valence-electron chi connectivity index (χ4n) is 3.20. The van der Waals surface area contributed by atoms with Gasteiger partial charge in [0.1, 0.15) is 0 Å². The lowest BCUT2D eigenvalue weighted by molar-refractivity contribution is 0.0510.